The molecular weight excluding hydrogens is 346 g/mol. The zero-order valence-electron chi connectivity index (χ0n) is 15.4. The number of aryl methyl sites for hydroxylation is 1. The first kappa shape index (κ1) is 17.6. The van der Waals surface area contributed by atoms with E-state index in [2.05, 4.69) is 41.8 Å². The molecule has 1 unspecified atom stereocenters. The maximum absolute atomic E-state index is 13.4. The molecule has 26 heavy (non-hydrogen) atoms. The molecule has 138 valence electrons. The molecule has 4 heterocycles. The van der Waals surface area contributed by atoms with Gasteiger partial charge in [0.25, 0.3) is 5.56 Å². The van der Waals surface area contributed by atoms with E-state index in [0.717, 1.165) is 34.6 Å². The molecule has 3 aromatic rings. The molecule has 4 nitrogen and oxygen atoms in total. The van der Waals surface area contributed by atoms with Crippen LogP contribution in [0.1, 0.15) is 38.1 Å². The normalized spacial score (nSPS) is 26.2. The number of hydrogen-bond acceptors (Lipinski definition) is 2. The van der Waals surface area contributed by atoms with Crippen molar-refractivity contribution in [2.24, 2.45) is 7.05 Å². The van der Waals surface area contributed by atoms with Gasteiger partial charge in [-0.25, -0.2) is 0 Å². The minimum atomic E-state index is 0. The SMILES string of the molecule is CN1[C@@H]2CCC[C@H]1CC(n1ccc3c(c1=O)c1ccccc1n3C)C2.Cl. The van der Waals surface area contributed by atoms with Crippen LogP contribution in [0.25, 0.3) is 21.8 Å². The zero-order valence-corrected chi connectivity index (χ0v) is 16.2. The largest absolute Gasteiger partial charge is 0.343 e. The fourth-order valence-electron chi connectivity index (χ4n) is 5.28. The molecule has 1 aromatic carbocycles. The highest BCUT2D eigenvalue weighted by Gasteiger charge is 2.37. The lowest BCUT2D eigenvalue weighted by molar-refractivity contribution is 0.0393. The summed E-state index contributed by atoms with van der Waals surface area (Å²) in [4.78, 5) is 15.9. The summed E-state index contributed by atoms with van der Waals surface area (Å²) in [6.45, 7) is 0. The van der Waals surface area contributed by atoms with Gasteiger partial charge in [0.15, 0.2) is 0 Å². The van der Waals surface area contributed by atoms with E-state index in [1.54, 1.807) is 0 Å². The van der Waals surface area contributed by atoms with Crippen LogP contribution < -0.4 is 5.56 Å². The van der Waals surface area contributed by atoms with Gasteiger partial charge in [0, 0.05) is 42.3 Å². The molecule has 3 atom stereocenters. The Balaban J connectivity index is 0.00000168. The Morgan fingerprint density at radius 3 is 2.35 bits per heavy atom. The number of piperidine rings is 2. The van der Waals surface area contributed by atoms with Crippen molar-refractivity contribution in [2.45, 2.75) is 50.2 Å². The monoisotopic (exact) mass is 371 g/mol. The van der Waals surface area contributed by atoms with Crippen LogP contribution >= 0.6 is 12.4 Å². The van der Waals surface area contributed by atoms with Gasteiger partial charge < -0.3 is 14.0 Å². The van der Waals surface area contributed by atoms with Crippen molar-refractivity contribution in [1.29, 1.82) is 0 Å². The second-order valence-electron chi connectivity index (χ2n) is 7.89. The van der Waals surface area contributed by atoms with Gasteiger partial charge in [-0.1, -0.05) is 24.6 Å². The fourth-order valence-corrected chi connectivity index (χ4v) is 5.28. The Morgan fingerprint density at radius 1 is 0.923 bits per heavy atom. The van der Waals surface area contributed by atoms with Crippen molar-refractivity contribution >= 4 is 34.2 Å². The standard InChI is InChI=1S/C21H25N3O.ClH/c1-22-14-6-5-7-15(22)13-16(12-14)24-11-10-19-20(21(24)25)17-8-3-4-9-18(17)23(19)2;/h3-4,8-11,14-16H,5-7,12-13H2,1-2H3;1H/t14-,15+,16?;. The number of benzene rings is 1. The second kappa shape index (κ2) is 6.43. The number of aromatic nitrogens is 2. The number of halogens is 1. The topological polar surface area (TPSA) is 30.2 Å². The fraction of sp³-hybridized carbons (Fsp3) is 0.476. The zero-order chi connectivity index (χ0) is 17.1. The predicted octanol–water partition coefficient (Wildman–Crippen LogP) is 4.10. The average molecular weight is 372 g/mol. The summed E-state index contributed by atoms with van der Waals surface area (Å²) >= 11 is 0. The van der Waals surface area contributed by atoms with Crippen LogP contribution in [0.3, 0.4) is 0 Å². The highest BCUT2D eigenvalue weighted by molar-refractivity contribution is 6.07. The maximum atomic E-state index is 13.4. The second-order valence-corrected chi connectivity index (χ2v) is 7.89. The molecular formula is C21H26ClN3O. The van der Waals surface area contributed by atoms with Gasteiger partial charge in [0.05, 0.1) is 10.9 Å². The van der Waals surface area contributed by atoms with E-state index < -0.39 is 0 Å². The molecule has 2 fully saturated rings. The molecule has 2 aromatic heterocycles. The summed E-state index contributed by atoms with van der Waals surface area (Å²) < 4.78 is 4.17. The first-order chi connectivity index (χ1) is 12.1. The molecule has 5 heteroatoms. The van der Waals surface area contributed by atoms with E-state index >= 15 is 0 Å². The van der Waals surface area contributed by atoms with E-state index in [1.165, 1.54) is 19.3 Å². The molecule has 5 rings (SSSR count). The Hall–Kier alpha value is -1.78. The average Bonchev–Trinajstić information content (AvgIpc) is 2.89. The smallest absolute Gasteiger partial charge is 0.260 e. The van der Waals surface area contributed by atoms with Gasteiger partial charge in [-0.3, -0.25) is 4.79 Å². The summed E-state index contributed by atoms with van der Waals surface area (Å²) in [5, 5.41) is 1.96. The van der Waals surface area contributed by atoms with Crippen LogP contribution in [0.2, 0.25) is 0 Å². The predicted molar refractivity (Wildman–Crippen MR) is 109 cm³/mol. The van der Waals surface area contributed by atoms with Crippen LogP contribution in [0.15, 0.2) is 41.3 Å². The molecule has 0 aliphatic carbocycles. The third-order valence-electron chi connectivity index (χ3n) is 6.70. The van der Waals surface area contributed by atoms with Crippen LogP contribution in [0, 0.1) is 0 Å². The Morgan fingerprint density at radius 2 is 1.62 bits per heavy atom. The molecule has 0 saturated carbocycles. The summed E-state index contributed by atoms with van der Waals surface area (Å²) in [6.07, 6.45) is 8.12. The molecule has 0 N–H and O–H groups in total. The summed E-state index contributed by atoms with van der Waals surface area (Å²) in [6, 6.07) is 12.0. The molecule has 2 bridgehead atoms. The first-order valence-corrected chi connectivity index (χ1v) is 9.45. The number of fused-ring (bicyclic) bond motifs is 5. The maximum Gasteiger partial charge on any atom is 0.260 e. The lowest BCUT2D eigenvalue weighted by Gasteiger charge is -2.47. The number of pyridine rings is 1. The van der Waals surface area contributed by atoms with Gasteiger partial charge >= 0.3 is 0 Å². The number of hydrogen-bond donors (Lipinski definition) is 0. The highest BCUT2D eigenvalue weighted by atomic mass is 35.5. The van der Waals surface area contributed by atoms with Crippen LogP contribution in [0.5, 0.6) is 0 Å². The molecule has 0 spiro atoms. The Bertz CT molecular complexity index is 1010. The van der Waals surface area contributed by atoms with Crippen molar-refractivity contribution in [2.75, 3.05) is 7.05 Å². The third kappa shape index (κ3) is 2.43. The molecule has 2 saturated heterocycles. The lowest BCUT2D eigenvalue weighted by Crippen LogP contribution is -2.50. The third-order valence-corrected chi connectivity index (χ3v) is 6.70. The van der Waals surface area contributed by atoms with E-state index in [0.29, 0.717) is 18.1 Å². The van der Waals surface area contributed by atoms with Gasteiger partial charge in [-0.2, -0.15) is 0 Å². The minimum absolute atomic E-state index is 0. The van der Waals surface area contributed by atoms with Crippen LogP contribution in [0.4, 0.5) is 0 Å². The number of nitrogens with zero attached hydrogens (tertiary/aromatic N) is 3. The summed E-state index contributed by atoms with van der Waals surface area (Å²) in [5.41, 5.74) is 2.35. The molecule has 2 aliphatic heterocycles. The van der Waals surface area contributed by atoms with Crippen molar-refractivity contribution in [1.82, 2.24) is 14.0 Å². The van der Waals surface area contributed by atoms with Gasteiger partial charge in [0.1, 0.15) is 0 Å². The van der Waals surface area contributed by atoms with E-state index in [4.69, 9.17) is 0 Å². The Kier molecular flexibility index (Phi) is 4.36. The van der Waals surface area contributed by atoms with E-state index in [-0.39, 0.29) is 18.0 Å². The number of para-hydroxylation sites is 1. The van der Waals surface area contributed by atoms with Crippen molar-refractivity contribution in [3.63, 3.8) is 0 Å². The van der Waals surface area contributed by atoms with Crippen molar-refractivity contribution in [3.8, 4) is 0 Å². The van der Waals surface area contributed by atoms with Gasteiger partial charge in [-0.05, 0) is 44.9 Å². The van der Waals surface area contributed by atoms with Gasteiger partial charge in [0.2, 0.25) is 0 Å². The van der Waals surface area contributed by atoms with E-state index in [9.17, 15) is 4.79 Å². The van der Waals surface area contributed by atoms with Crippen LogP contribution in [-0.4, -0.2) is 33.2 Å². The molecule has 0 radical (unpaired) electrons. The first-order valence-electron chi connectivity index (χ1n) is 9.45. The minimum Gasteiger partial charge on any atom is -0.343 e. The lowest BCUT2D eigenvalue weighted by atomic mass is 9.82. The summed E-state index contributed by atoms with van der Waals surface area (Å²) in [5.74, 6) is 0. The summed E-state index contributed by atoms with van der Waals surface area (Å²) in [7, 11) is 4.32. The quantitative estimate of drug-likeness (QED) is 0.644. The highest BCUT2D eigenvalue weighted by Crippen LogP contribution is 2.38. The Labute approximate surface area is 159 Å². The van der Waals surface area contributed by atoms with Crippen molar-refractivity contribution < 1.29 is 0 Å². The molecule has 2 aliphatic rings. The number of rotatable bonds is 1. The van der Waals surface area contributed by atoms with Crippen molar-refractivity contribution in [3.05, 3.63) is 46.9 Å². The van der Waals surface area contributed by atoms with Crippen LogP contribution in [-0.2, 0) is 7.05 Å². The molecule has 0 amide bonds. The van der Waals surface area contributed by atoms with E-state index in [1.807, 2.05) is 22.9 Å². The van der Waals surface area contributed by atoms with Gasteiger partial charge in [-0.15, -0.1) is 12.4 Å².